The minimum Gasteiger partial charge on any atom is -0.465 e. The van der Waals surface area contributed by atoms with E-state index in [1.165, 1.54) is 19.2 Å². The number of methoxy groups -OCH3 is 1. The summed E-state index contributed by atoms with van der Waals surface area (Å²) in [6.07, 6.45) is 0. The Bertz CT molecular complexity index is 1150. The monoisotopic (exact) mass is 491 g/mol. The summed E-state index contributed by atoms with van der Waals surface area (Å²) in [6.45, 7) is 6.48. The molecule has 0 saturated carbocycles. The standard InChI is InChI=1S/C24H30FN3O5S/c1-17(34(31,32)26-15-22-8-7-21(14-23(22)25)24(30)33-3)20-6-4-5-19(13-20)16-27-9-11-28(12-10-27)18(2)29/h4-8,13-14,17,26H,9-12,15-16H2,1-3H3. The molecule has 0 bridgehead atoms. The highest BCUT2D eigenvalue weighted by Gasteiger charge is 2.24. The van der Waals surface area contributed by atoms with E-state index < -0.39 is 27.1 Å². The topological polar surface area (TPSA) is 96.0 Å². The minimum atomic E-state index is -3.79. The van der Waals surface area contributed by atoms with Gasteiger partial charge in [-0.15, -0.1) is 0 Å². The van der Waals surface area contributed by atoms with Crippen LogP contribution < -0.4 is 4.72 Å². The Morgan fingerprint density at radius 1 is 1.12 bits per heavy atom. The van der Waals surface area contributed by atoms with E-state index in [9.17, 15) is 22.4 Å². The quantitative estimate of drug-likeness (QED) is 0.570. The van der Waals surface area contributed by atoms with Gasteiger partial charge in [0.05, 0.1) is 17.9 Å². The van der Waals surface area contributed by atoms with Gasteiger partial charge in [0, 0.05) is 51.8 Å². The number of carbonyl (C=O) groups is 2. The predicted octanol–water partition coefficient (Wildman–Crippen LogP) is 2.46. The molecule has 1 heterocycles. The molecule has 1 aliphatic rings. The number of hydrogen-bond donors (Lipinski definition) is 1. The number of benzene rings is 2. The fourth-order valence-electron chi connectivity index (χ4n) is 3.84. The highest BCUT2D eigenvalue weighted by atomic mass is 32.2. The number of nitrogens with one attached hydrogen (secondary N) is 1. The van der Waals surface area contributed by atoms with Crippen LogP contribution in [0.15, 0.2) is 42.5 Å². The van der Waals surface area contributed by atoms with E-state index >= 15 is 0 Å². The third-order valence-electron chi connectivity index (χ3n) is 6.05. The average Bonchev–Trinajstić information content (AvgIpc) is 2.82. The van der Waals surface area contributed by atoms with E-state index in [1.807, 2.05) is 23.1 Å². The van der Waals surface area contributed by atoms with Crippen molar-refractivity contribution in [2.75, 3.05) is 33.3 Å². The molecule has 2 aromatic carbocycles. The summed E-state index contributed by atoms with van der Waals surface area (Å²) in [7, 11) is -2.59. The number of amides is 1. The average molecular weight is 492 g/mol. The lowest BCUT2D eigenvalue weighted by atomic mass is 10.1. The van der Waals surface area contributed by atoms with Gasteiger partial charge in [-0.05, 0) is 30.2 Å². The fraction of sp³-hybridized carbons (Fsp3) is 0.417. The Balaban J connectivity index is 1.63. The first-order valence-corrected chi connectivity index (χ1v) is 12.6. The largest absolute Gasteiger partial charge is 0.465 e. The summed E-state index contributed by atoms with van der Waals surface area (Å²) in [5.41, 5.74) is 1.80. The summed E-state index contributed by atoms with van der Waals surface area (Å²) in [5, 5.41) is -0.848. The van der Waals surface area contributed by atoms with Gasteiger partial charge in [-0.3, -0.25) is 9.69 Å². The second-order valence-corrected chi connectivity index (χ2v) is 10.4. The van der Waals surface area contributed by atoms with Crippen molar-refractivity contribution < 1.29 is 27.1 Å². The van der Waals surface area contributed by atoms with Crippen molar-refractivity contribution >= 4 is 21.9 Å². The lowest BCUT2D eigenvalue weighted by Gasteiger charge is -2.34. The zero-order valence-corrected chi connectivity index (χ0v) is 20.4. The molecule has 184 valence electrons. The van der Waals surface area contributed by atoms with E-state index in [1.54, 1.807) is 19.9 Å². The van der Waals surface area contributed by atoms with Crippen LogP contribution in [0.4, 0.5) is 4.39 Å². The normalized spacial score (nSPS) is 15.7. The first-order chi connectivity index (χ1) is 16.1. The molecule has 1 fully saturated rings. The van der Waals surface area contributed by atoms with Gasteiger partial charge in [-0.2, -0.15) is 0 Å². The van der Waals surface area contributed by atoms with E-state index in [4.69, 9.17) is 0 Å². The molecular weight excluding hydrogens is 461 g/mol. The van der Waals surface area contributed by atoms with Gasteiger partial charge in [0.1, 0.15) is 5.82 Å². The molecule has 0 aromatic heterocycles. The molecule has 0 spiro atoms. The molecule has 3 rings (SSSR count). The zero-order chi connectivity index (χ0) is 24.9. The van der Waals surface area contributed by atoms with E-state index in [-0.39, 0.29) is 23.6 Å². The van der Waals surface area contributed by atoms with E-state index in [0.717, 1.165) is 24.7 Å². The molecule has 0 aliphatic carbocycles. The first-order valence-electron chi connectivity index (χ1n) is 11.0. The van der Waals surface area contributed by atoms with Gasteiger partial charge in [-0.1, -0.05) is 30.3 Å². The maximum atomic E-state index is 14.3. The third kappa shape index (κ3) is 6.40. The lowest BCUT2D eigenvalue weighted by molar-refractivity contribution is -0.130. The minimum absolute atomic E-state index is 0.0551. The Morgan fingerprint density at radius 3 is 2.44 bits per heavy atom. The maximum Gasteiger partial charge on any atom is 0.337 e. The molecule has 1 unspecified atom stereocenters. The molecule has 0 radical (unpaired) electrons. The summed E-state index contributed by atoms with van der Waals surface area (Å²) < 4.78 is 47.1. The van der Waals surface area contributed by atoms with Gasteiger partial charge in [0.25, 0.3) is 0 Å². The Morgan fingerprint density at radius 2 is 1.82 bits per heavy atom. The van der Waals surface area contributed by atoms with Crippen LogP contribution >= 0.6 is 0 Å². The van der Waals surface area contributed by atoms with Crippen LogP contribution in [0, 0.1) is 5.82 Å². The highest BCUT2D eigenvalue weighted by Crippen LogP contribution is 2.23. The summed E-state index contributed by atoms with van der Waals surface area (Å²) in [4.78, 5) is 27.1. The van der Waals surface area contributed by atoms with Crippen LogP contribution in [0.3, 0.4) is 0 Å². The van der Waals surface area contributed by atoms with E-state index in [2.05, 4.69) is 14.4 Å². The zero-order valence-electron chi connectivity index (χ0n) is 19.6. The molecule has 8 nitrogen and oxygen atoms in total. The molecular formula is C24H30FN3O5S. The number of hydrogen-bond acceptors (Lipinski definition) is 6. The van der Waals surface area contributed by atoms with Crippen LogP contribution in [0.2, 0.25) is 0 Å². The van der Waals surface area contributed by atoms with Crippen LogP contribution in [-0.4, -0.2) is 63.4 Å². The second-order valence-electron chi connectivity index (χ2n) is 8.33. The number of nitrogens with zero attached hydrogens (tertiary/aromatic N) is 2. The smallest absolute Gasteiger partial charge is 0.337 e. The van der Waals surface area contributed by atoms with Crippen molar-refractivity contribution in [2.45, 2.75) is 32.2 Å². The number of esters is 1. The SMILES string of the molecule is COC(=O)c1ccc(CNS(=O)(=O)C(C)c2cccc(CN3CCN(C(C)=O)CC3)c2)c(F)c1. The molecule has 1 saturated heterocycles. The molecule has 10 heteroatoms. The first kappa shape index (κ1) is 25.8. The van der Waals surface area contributed by atoms with E-state index in [0.29, 0.717) is 25.2 Å². The number of piperazine rings is 1. The van der Waals surface area contributed by atoms with Gasteiger partial charge in [0.2, 0.25) is 15.9 Å². The Kier molecular flexibility index (Phi) is 8.40. The van der Waals surface area contributed by atoms with Crippen molar-refractivity contribution in [1.82, 2.24) is 14.5 Å². The van der Waals surface area contributed by atoms with Crippen LogP contribution in [-0.2, 0) is 32.6 Å². The van der Waals surface area contributed by atoms with Crippen LogP contribution in [0.25, 0.3) is 0 Å². The molecule has 1 amide bonds. The third-order valence-corrected chi connectivity index (χ3v) is 7.80. The second kappa shape index (κ2) is 11.1. The van der Waals surface area contributed by atoms with Gasteiger partial charge < -0.3 is 9.64 Å². The van der Waals surface area contributed by atoms with Crippen molar-refractivity contribution in [3.63, 3.8) is 0 Å². The van der Waals surface area contributed by atoms with Crippen LogP contribution in [0.5, 0.6) is 0 Å². The number of rotatable bonds is 8. The van der Waals surface area contributed by atoms with Gasteiger partial charge in [0.15, 0.2) is 0 Å². The van der Waals surface area contributed by atoms with Gasteiger partial charge in [-0.25, -0.2) is 22.3 Å². The summed E-state index contributed by atoms with van der Waals surface area (Å²) in [5.74, 6) is -1.28. The number of sulfonamides is 1. The highest BCUT2D eigenvalue weighted by molar-refractivity contribution is 7.89. The summed E-state index contributed by atoms with van der Waals surface area (Å²) >= 11 is 0. The predicted molar refractivity (Wildman–Crippen MR) is 126 cm³/mol. The number of ether oxygens (including phenoxy) is 1. The molecule has 34 heavy (non-hydrogen) atoms. The maximum absolute atomic E-state index is 14.3. The molecule has 2 aromatic rings. The Hall–Kier alpha value is -2.82. The molecule has 1 aliphatic heterocycles. The van der Waals surface area contributed by atoms with Gasteiger partial charge >= 0.3 is 5.97 Å². The van der Waals surface area contributed by atoms with Crippen molar-refractivity contribution in [3.8, 4) is 0 Å². The molecule has 1 N–H and O–H groups in total. The van der Waals surface area contributed by atoms with Crippen molar-refractivity contribution in [3.05, 3.63) is 70.5 Å². The van der Waals surface area contributed by atoms with Crippen molar-refractivity contribution in [1.29, 1.82) is 0 Å². The number of carbonyl (C=O) groups excluding carboxylic acids is 2. The van der Waals surface area contributed by atoms with Crippen molar-refractivity contribution in [2.24, 2.45) is 0 Å². The fourth-order valence-corrected chi connectivity index (χ4v) is 4.95. The Labute approximate surface area is 199 Å². The lowest BCUT2D eigenvalue weighted by Crippen LogP contribution is -2.47. The molecule has 1 atom stereocenters. The summed E-state index contributed by atoms with van der Waals surface area (Å²) in [6, 6.07) is 11.2. The number of halogens is 1. The van der Waals surface area contributed by atoms with Crippen LogP contribution in [0.1, 0.15) is 46.1 Å².